The highest BCUT2D eigenvalue weighted by Crippen LogP contribution is 2.16. The van der Waals surface area contributed by atoms with Crippen molar-refractivity contribution in [1.29, 1.82) is 0 Å². The predicted molar refractivity (Wildman–Crippen MR) is 67.9 cm³/mol. The molecule has 6 nitrogen and oxygen atoms in total. The first-order chi connectivity index (χ1) is 8.01. The molecule has 0 spiro atoms. The van der Waals surface area contributed by atoms with Crippen LogP contribution in [0.4, 0.5) is 0 Å². The standard InChI is InChI=1S/C7H12O4S2.C2H6O2/c1-5(13-7(11)3-9)4-12-6(10)2-8;3-1-2-4/h5,8-9H,2-4H2,1H3;3-4H,1-2H2. The fourth-order valence-corrected chi connectivity index (χ4v) is 2.06. The van der Waals surface area contributed by atoms with Crippen molar-refractivity contribution in [2.45, 2.75) is 12.2 Å². The Morgan fingerprint density at radius 2 is 1.47 bits per heavy atom. The third-order valence-corrected chi connectivity index (χ3v) is 3.46. The summed E-state index contributed by atoms with van der Waals surface area (Å²) in [5.74, 6) is 0.468. The molecular formula is C9H18O6S2. The van der Waals surface area contributed by atoms with Gasteiger partial charge in [-0.3, -0.25) is 9.59 Å². The lowest BCUT2D eigenvalue weighted by molar-refractivity contribution is -0.114. The van der Waals surface area contributed by atoms with Crippen molar-refractivity contribution in [2.75, 3.05) is 32.2 Å². The predicted octanol–water partition coefficient (Wildman–Crippen LogP) is -1.15. The van der Waals surface area contributed by atoms with Crippen LogP contribution in [0, 0.1) is 0 Å². The summed E-state index contributed by atoms with van der Waals surface area (Å²) >= 11 is 2.00. The van der Waals surface area contributed by atoms with E-state index in [9.17, 15) is 9.59 Å². The summed E-state index contributed by atoms with van der Waals surface area (Å²) in [4.78, 5) is 21.3. The topological polar surface area (TPSA) is 115 Å². The van der Waals surface area contributed by atoms with Crippen LogP contribution in [-0.2, 0) is 9.59 Å². The van der Waals surface area contributed by atoms with E-state index in [2.05, 4.69) is 0 Å². The molecule has 17 heavy (non-hydrogen) atoms. The third-order valence-electron chi connectivity index (χ3n) is 1.17. The van der Waals surface area contributed by atoms with Gasteiger partial charge in [-0.15, -0.1) is 0 Å². The molecule has 0 aromatic carbocycles. The van der Waals surface area contributed by atoms with E-state index in [4.69, 9.17) is 20.4 Å². The van der Waals surface area contributed by atoms with Gasteiger partial charge in [0.2, 0.25) is 10.2 Å². The van der Waals surface area contributed by atoms with Crippen molar-refractivity contribution < 1.29 is 30.0 Å². The zero-order valence-electron chi connectivity index (χ0n) is 9.53. The molecule has 0 amide bonds. The number of hydrogen-bond acceptors (Lipinski definition) is 8. The maximum absolute atomic E-state index is 10.7. The lowest BCUT2D eigenvalue weighted by atomic mass is 10.6. The Labute approximate surface area is 108 Å². The van der Waals surface area contributed by atoms with E-state index in [1.54, 1.807) is 6.92 Å². The molecule has 0 saturated heterocycles. The summed E-state index contributed by atoms with van der Waals surface area (Å²) in [6, 6.07) is 0. The highest BCUT2D eigenvalue weighted by Gasteiger charge is 2.10. The normalized spacial score (nSPS) is 11.4. The van der Waals surface area contributed by atoms with Crippen LogP contribution in [0.5, 0.6) is 0 Å². The maximum Gasteiger partial charge on any atom is 0.214 e. The minimum atomic E-state index is -0.479. The van der Waals surface area contributed by atoms with Crippen LogP contribution in [0.25, 0.3) is 0 Å². The second kappa shape index (κ2) is 13.9. The number of aliphatic hydroxyl groups excluding tert-OH is 4. The molecule has 0 saturated carbocycles. The molecule has 0 radical (unpaired) electrons. The summed E-state index contributed by atoms with van der Waals surface area (Å²) < 4.78 is 0. The van der Waals surface area contributed by atoms with E-state index in [0.29, 0.717) is 5.75 Å². The molecule has 102 valence electrons. The molecule has 0 rings (SSSR count). The second-order valence-electron chi connectivity index (χ2n) is 2.75. The van der Waals surface area contributed by atoms with Crippen molar-refractivity contribution in [1.82, 2.24) is 0 Å². The number of rotatable bonds is 6. The average molecular weight is 286 g/mol. The molecule has 4 N–H and O–H groups in total. The van der Waals surface area contributed by atoms with Crippen molar-refractivity contribution >= 4 is 33.8 Å². The fraction of sp³-hybridized carbons (Fsp3) is 0.778. The molecule has 0 aliphatic heterocycles. The van der Waals surface area contributed by atoms with Gasteiger partial charge >= 0.3 is 0 Å². The van der Waals surface area contributed by atoms with E-state index < -0.39 is 13.2 Å². The van der Waals surface area contributed by atoms with Crippen molar-refractivity contribution in [3.05, 3.63) is 0 Å². The van der Waals surface area contributed by atoms with Gasteiger partial charge in [0, 0.05) is 11.0 Å². The lowest BCUT2D eigenvalue weighted by Crippen LogP contribution is -2.10. The molecule has 0 bridgehead atoms. The van der Waals surface area contributed by atoms with E-state index >= 15 is 0 Å². The Hall–Kier alpha value is -0.120. The molecule has 0 aliphatic rings. The minimum Gasteiger partial charge on any atom is -0.394 e. The van der Waals surface area contributed by atoms with Crippen LogP contribution in [0.2, 0.25) is 0 Å². The van der Waals surface area contributed by atoms with Crippen molar-refractivity contribution in [2.24, 2.45) is 0 Å². The molecule has 0 aliphatic carbocycles. The van der Waals surface area contributed by atoms with Gasteiger partial charge in [0.05, 0.1) is 13.2 Å². The van der Waals surface area contributed by atoms with Gasteiger partial charge in [-0.25, -0.2) is 0 Å². The van der Waals surface area contributed by atoms with Crippen molar-refractivity contribution in [3.63, 3.8) is 0 Å². The van der Waals surface area contributed by atoms with Gasteiger partial charge in [0.15, 0.2) is 0 Å². The van der Waals surface area contributed by atoms with Crippen LogP contribution < -0.4 is 0 Å². The zero-order chi connectivity index (χ0) is 13.7. The number of carbonyl (C=O) groups is 2. The summed E-state index contributed by atoms with van der Waals surface area (Å²) in [5.41, 5.74) is 0. The van der Waals surface area contributed by atoms with Gasteiger partial charge < -0.3 is 20.4 Å². The molecule has 0 aromatic heterocycles. The van der Waals surface area contributed by atoms with Crippen LogP contribution in [-0.4, -0.2) is 68.1 Å². The first kappa shape index (κ1) is 19.2. The van der Waals surface area contributed by atoms with Gasteiger partial charge in [-0.1, -0.05) is 30.4 Å². The monoisotopic (exact) mass is 286 g/mol. The molecule has 0 heterocycles. The highest BCUT2D eigenvalue weighted by atomic mass is 32.2. The van der Waals surface area contributed by atoms with Crippen LogP contribution in [0.15, 0.2) is 0 Å². The number of hydrogen-bond donors (Lipinski definition) is 4. The van der Waals surface area contributed by atoms with Crippen LogP contribution in [0.1, 0.15) is 6.92 Å². The van der Waals surface area contributed by atoms with Gasteiger partial charge in [-0.05, 0) is 0 Å². The van der Waals surface area contributed by atoms with Crippen LogP contribution in [0.3, 0.4) is 0 Å². The second-order valence-corrected chi connectivity index (χ2v) is 5.32. The summed E-state index contributed by atoms with van der Waals surface area (Å²) in [6.45, 7) is 0.583. The molecular weight excluding hydrogens is 268 g/mol. The van der Waals surface area contributed by atoms with Gasteiger partial charge in [0.1, 0.15) is 13.2 Å². The Bertz CT molecular complexity index is 210. The largest absolute Gasteiger partial charge is 0.394 e. The quantitative estimate of drug-likeness (QED) is 0.484. The first-order valence-corrected chi connectivity index (χ1v) is 6.66. The number of thioether (sulfide) groups is 2. The number of carbonyl (C=O) groups excluding carboxylic acids is 2. The first-order valence-electron chi connectivity index (χ1n) is 4.80. The Balaban J connectivity index is 0. The Morgan fingerprint density at radius 3 is 1.82 bits per heavy atom. The van der Waals surface area contributed by atoms with E-state index in [1.807, 2.05) is 0 Å². The summed E-state index contributed by atoms with van der Waals surface area (Å²) in [7, 11) is 0. The van der Waals surface area contributed by atoms with E-state index in [-0.39, 0.29) is 28.7 Å². The number of aliphatic hydroxyl groups is 4. The van der Waals surface area contributed by atoms with Gasteiger partial charge in [-0.2, -0.15) is 0 Å². The summed E-state index contributed by atoms with van der Waals surface area (Å²) in [6.07, 6.45) is 0. The van der Waals surface area contributed by atoms with Crippen LogP contribution >= 0.6 is 23.5 Å². The minimum absolute atomic E-state index is 0.0276. The molecule has 0 aromatic rings. The SMILES string of the molecule is CC(CSC(=O)CO)SC(=O)CO.OCCO. The van der Waals surface area contributed by atoms with E-state index in [0.717, 1.165) is 23.5 Å². The maximum atomic E-state index is 10.7. The highest BCUT2D eigenvalue weighted by molar-refractivity contribution is 8.17. The fourth-order valence-electron chi connectivity index (χ4n) is 0.552. The molecule has 1 atom stereocenters. The average Bonchev–Trinajstić information content (AvgIpc) is 2.35. The summed E-state index contributed by atoms with van der Waals surface area (Å²) in [5, 5.41) is 31.4. The van der Waals surface area contributed by atoms with E-state index in [1.165, 1.54) is 0 Å². The Kier molecular flexibility index (Phi) is 15.8. The lowest BCUT2D eigenvalue weighted by Gasteiger charge is -2.06. The third kappa shape index (κ3) is 15.9. The molecule has 0 fully saturated rings. The van der Waals surface area contributed by atoms with Crippen molar-refractivity contribution in [3.8, 4) is 0 Å². The Morgan fingerprint density at radius 1 is 1.00 bits per heavy atom. The molecule has 8 heteroatoms. The smallest absolute Gasteiger partial charge is 0.214 e. The van der Waals surface area contributed by atoms with Gasteiger partial charge in [0.25, 0.3) is 0 Å². The zero-order valence-corrected chi connectivity index (χ0v) is 11.2. The molecule has 1 unspecified atom stereocenters.